The van der Waals surface area contributed by atoms with Gasteiger partial charge in [-0.3, -0.25) is 14.9 Å². The van der Waals surface area contributed by atoms with Crippen LogP contribution in [0.2, 0.25) is 10.0 Å². The number of benzene rings is 4. The van der Waals surface area contributed by atoms with E-state index < -0.39 is 17.8 Å². The van der Waals surface area contributed by atoms with Gasteiger partial charge in [0.25, 0.3) is 11.8 Å². The monoisotopic (exact) mass is 590 g/mol. The Bertz CT molecular complexity index is 1670. The van der Waals surface area contributed by atoms with Gasteiger partial charge in [-0.2, -0.15) is 0 Å². The first-order chi connectivity index (χ1) is 19.8. The van der Waals surface area contributed by atoms with Crippen LogP contribution >= 0.6 is 23.2 Å². The lowest BCUT2D eigenvalue weighted by atomic mass is 10.1. The largest absolute Gasteiger partial charge is 0.489 e. The van der Waals surface area contributed by atoms with Crippen molar-refractivity contribution in [1.82, 2.24) is 5.32 Å². The molecule has 1 fully saturated rings. The molecule has 1 heterocycles. The summed E-state index contributed by atoms with van der Waals surface area (Å²) in [5.41, 5.74) is 1.75. The Kier molecular flexibility index (Phi) is 8.33. The van der Waals surface area contributed by atoms with Crippen LogP contribution < -0.4 is 19.7 Å². The molecule has 4 aromatic rings. The molecule has 1 saturated heterocycles. The molecule has 1 aliphatic heterocycles. The number of para-hydroxylation sites is 1. The summed E-state index contributed by atoms with van der Waals surface area (Å²) in [4.78, 5) is 39.6. The number of imide groups is 2. The van der Waals surface area contributed by atoms with Crippen molar-refractivity contribution in [2.24, 2.45) is 0 Å². The Morgan fingerprint density at radius 1 is 0.829 bits per heavy atom. The molecule has 0 bridgehead atoms. The first kappa shape index (κ1) is 27.9. The number of hydrogen-bond donors (Lipinski definition) is 1. The molecule has 0 aromatic heterocycles. The second-order valence-electron chi connectivity index (χ2n) is 8.93. The average molecular weight is 591 g/mol. The van der Waals surface area contributed by atoms with Crippen LogP contribution in [0.15, 0.2) is 96.6 Å². The van der Waals surface area contributed by atoms with Crippen LogP contribution in [0.1, 0.15) is 16.7 Å². The zero-order valence-corrected chi connectivity index (χ0v) is 22.8. The molecule has 41 heavy (non-hydrogen) atoms. The summed E-state index contributed by atoms with van der Waals surface area (Å²) >= 11 is 12.1. The average Bonchev–Trinajstić information content (AvgIpc) is 2.95. The summed E-state index contributed by atoms with van der Waals surface area (Å²) in [7, 11) is 0. The van der Waals surface area contributed by atoms with Gasteiger partial charge in [0.2, 0.25) is 0 Å². The Hall–Kier alpha value is -4.66. The van der Waals surface area contributed by atoms with Crippen LogP contribution in [0.25, 0.3) is 6.08 Å². The molecule has 0 atom stereocenters. The van der Waals surface area contributed by atoms with Crippen molar-refractivity contribution in [2.75, 3.05) is 4.90 Å². The van der Waals surface area contributed by atoms with Gasteiger partial charge in [0.05, 0.1) is 5.69 Å². The van der Waals surface area contributed by atoms with Crippen molar-refractivity contribution < 1.29 is 28.2 Å². The highest BCUT2D eigenvalue weighted by molar-refractivity contribution is 6.39. The van der Waals surface area contributed by atoms with E-state index in [4.69, 9.17) is 32.7 Å². The van der Waals surface area contributed by atoms with E-state index in [0.717, 1.165) is 10.5 Å². The molecule has 0 aliphatic carbocycles. The summed E-state index contributed by atoms with van der Waals surface area (Å²) in [6, 6.07) is 23.2. The first-order valence-corrected chi connectivity index (χ1v) is 13.1. The highest BCUT2D eigenvalue weighted by Crippen LogP contribution is 2.28. The Morgan fingerprint density at radius 3 is 2.37 bits per heavy atom. The normalized spacial score (nSPS) is 14.3. The molecule has 206 valence electrons. The van der Waals surface area contributed by atoms with Gasteiger partial charge in [-0.05, 0) is 66.2 Å². The van der Waals surface area contributed by atoms with E-state index in [2.05, 4.69) is 5.32 Å². The van der Waals surface area contributed by atoms with Crippen LogP contribution in [0.3, 0.4) is 0 Å². The summed E-state index contributed by atoms with van der Waals surface area (Å²) < 4.78 is 25.1. The van der Waals surface area contributed by atoms with Gasteiger partial charge in [0.15, 0.2) is 0 Å². The third-order valence-corrected chi connectivity index (χ3v) is 6.70. The van der Waals surface area contributed by atoms with E-state index in [-0.39, 0.29) is 30.3 Å². The number of amides is 4. The van der Waals surface area contributed by atoms with E-state index in [1.165, 1.54) is 30.3 Å². The molecule has 10 heteroatoms. The predicted octanol–water partition coefficient (Wildman–Crippen LogP) is 6.96. The number of hydrogen-bond acceptors (Lipinski definition) is 5. The molecule has 1 aliphatic rings. The lowest BCUT2D eigenvalue weighted by Crippen LogP contribution is -2.54. The molecular formula is C31H21Cl2FN2O5. The van der Waals surface area contributed by atoms with E-state index >= 15 is 0 Å². The summed E-state index contributed by atoms with van der Waals surface area (Å²) in [6.07, 6.45) is 1.35. The maximum absolute atomic E-state index is 13.5. The van der Waals surface area contributed by atoms with Crippen LogP contribution in [0.5, 0.6) is 11.5 Å². The maximum atomic E-state index is 13.5. The molecule has 0 saturated carbocycles. The molecule has 0 spiro atoms. The summed E-state index contributed by atoms with van der Waals surface area (Å²) in [5.74, 6) is -1.19. The maximum Gasteiger partial charge on any atom is 0.335 e. The zero-order chi connectivity index (χ0) is 28.9. The molecule has 0 unspecified atom stereocenters. The minimum Gasteiger partial charge on any atom is -0.489 e. The molecule has 5 rings (SSSR count). The molecule has 4 amide bonds. The fourth-order valence-electron chi connectivity index (χ4n) is 4.06. The van der Waals surface area contributed by atoms with Gasteiger partial charge in [-0.1, -0.05) is 59.6 Å². The smallest absolute Gasteiger partial charge is 0.335 e. The second kappa shape index (κ2) is 12.2. The quantitative estimate of drug-likeness (QED) is 0.177. The van der Waals surface area contributed by atoms with Gasteiger partial charge in [0.1, 0.15) is 36.1 Å². The van der Waals surface area contributed by atoms with Crippen LogP contribution in [0, 0.1) is 5.82 Å². The van der Waals surface area contributed by atoms with Crippen molar-refractivity contribution in [3.63, 3.8) is 0 Å². The molecular weight excluding hydrogens is 570 g/mol. The fraction of sp³-hybridized carbons (Fsp3) is 0.0645. The topological polar surface area (TPSA) is 84.9 Å². The van der Waals surface area contributed by atoms with Gasteiger partial charge < -0.3 is 9.47 Å². The Labute approximate surface area is 244 Å². The van der Waals surface area contributed by atoms with Crippen LogP contribution in [-0.2, 0) is 22.8 Å². The van der Waals surface area contributed by atoms with Crippen molar-refractivity contribution in [3.05, 3.63) is 129 Å². The first-order valence-electron chi connectivity index (χ1n) is 12.3. The van der Waals surface area contributed by atoms with Crippen molar-refractivity contribution >= 4 is 52.8 Å². The lowest BCUT2D eigenvalue weighted by molar-refractivity contribution is -0.122. The van der Waals surface area contributed by atoms with E-state index in [1.807, 2.05) is 0 Å². The van der Waals surface area contributed by atoms with Crippen molar-refractivity contribution in [2.45, 2.75) is 13.2 Å². The number of nitrogens with one attached hydrogen (secondary N) is 1. The number of urea groups is 1. The Balaban J connectivity index is 1.33. The highest BCUT2D eigenvalue weighted by Gasteiger charge is 2.37. The summed E-state index contributed by atoms with van der Waals surface area (Å²) in [6.45, 7) is 0.252. The molecule has 0 radical (unpaired) electrons. The lowest BCUT2D eigenvalue weighted by Gasteiger charge is -2.26. The minimum atomic E-state index is -0.880. The third-order valence-electron chi connectivity index (χ3n) is 6.11. The number of barbiturate groups is 1. The standard InChI is InChI=1S/C31H21Cl2FN2O5/c32-22-9-8-21(27(33)16-22)18-40-25-12-10-24(11-13-25)36-30(38)26(29(37)35-31(36)39)15-20-5-1-2-7-28(20)41-17-19-4-3-6-23(34)14-19/h1-16H,17-18H2,(H,35,37,39)/b26-15+. The molecule has 7 nitrogen and oxygen atoms in total. The van der Waals surface area contributed by atoms with Crippen LogP contribution in [-0.4, -0.2) is 17.8 Å². The molecule has 1 N–H and O–H groups in total. The fourth-order valence-corrected chi connectivity index (χ4v) is 4.52. The zero-order valence-electron chi connectivity index (χ0n) is 21.3. The minimum absolute atomic E-state index is 0.0708. The molecule has 4 aromatic carbocycles. The van der Waals surface area contributed by atoms with E-state index in [1.54, 1.807) is 66.7 Å². The number of rotatable bonds is 8. The number of nitrogens with zero attached hydrogens (tertiary/aromatic N) is 1. The Morgan fingerprint density at radius 2 is 1.61 bits per heavy atom. The number of ether oxygens (including phenoxy) is 2. The number of halogens is 3. The predicted molar refractivity (Wildman–Crippen MR) is 153 cm³/mol. The van der Waals surface area contributed by atoms with Crippen molar-refractivity contribution in [1.29, 1.82) is 0 Å². The number of carbonyl (C=O) groups is 3. The number of carbonyl (C=O) groups excluding carboxylic acids is 3. The van der Waals surface area contributed by atoms with Gasteiger partial charge in [-0.25, -0.2) is 14.1 Å². The summed E-state index contributed by atoms with van der Waals surface area (Å²) in [5, 5.41) is 3.18. The van der Waals surface area contributed by atoms with Crippen molar-refractivity contribution in [3.8, 4) is 11.5 Å². The third kappa shape index (κ3) is 6.57. The second-order valence-corrected chi connectivity index (χ2v) is 9.78. The highest BCUT2D eigenvalue weighted by atomic mass is 35.5. The van der Waals surface area contributed by atoms with Gasteiger partial charge in [-0.15, -0.1) is 0 Å². The van der Waals surface area contributed by atoms with Gasteiger partial charge in [0, 0.05) is 21.2 Å². The SMILES string of the molecule is O=C1NC(=O)N(c2ccc(OCc3ccc(Cl)cc3Cl)cc2)C(=O)/C1=C/c1ccccc1OCc1cccc(F)c1. The van der Waals surface area contributed by atoms with Gasteiger partial charge >= 0.3 is 6.03 Å². The van der Waals surface area contributed by atoms with E-state index in [0.29, 0.717) is 32.7 Å². The number of anilines is 1. The van der Waals surface area contributed by atoms with E-state index in [9.17, 15) is 18.8 Å². The van der Waals surface area contributed by atoms with Crippen LogP contribution in [0.4, 0.5) is 14.9 Å².